The molecule has 1 amide bonds. The van der Waals surface area contributed by atoms with E-state index in [0.717, 1.165) is 11.1 Å². The molecule has 0 radical (unpaired) electrons. The summed E-state index contributed by atoms with van der Waals surface area (Å²) in [5, 5.41) is 0. The monoisotopic (exact) mass is 189 g/mol. The van der Waals surface area contributed by atoms with Crippen molar-refractivity contribution in [2.45, 2.75) is 19.3 Å². The van der Waals surface area contributed by atoms with Crippen molar-refractivity contribution in [3.8, 4) is 0 Å². The molecule has 3 heteroatoms. The minimum Gasteiger partial charge on any atom is -0.349 e. The smallest absolute Gasteiger partial charge is 0.256 e. The molecule has 1 saturated heterocycles. The van der Waals surface area contributed by atoms with Gasteiger partial charge in [-0.3, -0.25) is 4.79 Å². The highest BCUT2D eigenvalue weighted by Crippen LogP contribution is 2.39. The van der Waals surface area contributed by atoms with Crippen molar-refractivity contribution in [2.75, 3.05) is 6.54 Å². The molecule has 0 spiro atoms. The zero-order valence-corrected chi connectivity index (χ0v) is 7.93. The Morgan fingerprint density at radius 3 is 3.07 bits per heavy atom. The van der Waals surface area contributed by atoms with Gasteiger partial charge in [-0.1, -0.05) is 18.2 Å². The van der Waals surface area contributed by atoms with Gasteiger partial charge in [0.25, 0.3) is 5.91 Å². The molecule has 1 aromatic rings. The second kappa shape index (κ2) is 2.58. The standard InChI is InChI=1S/C11H11NO2/c1-7-6-12-10(13)8-4-2-3-5-9(8)11(12)14-7/h2-5,7,11H,6H2,1H3/t7-,11-/m1/s1. The normalized spacial score (nSPS) is 29.2. The Labute approximate surface area is 82.3 Å². The first kappa shape index (κ1) is 8.00. The van der Waals surface area contributed by atoms with Crippen molar-refractivity contribution in [1.29, 1.82) is 0 Å². The summed E-state index contributed by atoms with van der Waals surface area (Å²) < 4.78 is 5.69. The van der Waals surface area contributed by atoms with Crippen LogP contribution in [0.5, 0.6) is 0 Å². The Morgan fingerprint density at radius 1 is 1.43 bits per heavy atom. The third kappa shape index (κ3) is 0.876. The summed E-state index contributed by atoms with van der Waals surface area (Å²) >= 11 is 0. The van der Waals surface area contributed by atoms with Crippen LogP contribution in [0.3, 0.4) is 0 Å². The predicted molar refractivity (Wildman–Crippen MR) is 50.8 cm³/mol. The third-order valence-corrected chi connectivity index (χ3v) is 2.82. The first-order valence-electron chi connectivity index (χ1n) is 4.83. The molecule has 2 aliphatic heterocycles. The number of fused-ring (bicyclic) bond motifs is 3. The molecule has 14 heavy (non-hydrogen) atoms. The van der Waals surface area contributed by atoms with Gasteiger partial charge in [0, 0.05) is 17.7 Å². The van der Waals surface area contributed by atoms with Crippen LogP contribution in [0.15, 0.2) is 24.3 Å². The number of hydrogen-bond donors (Lipinski definition) is 0. The Morgan fingerprint density at radius 2 is 2.21 bits per heavy atom. The summed E-state index contributed by atoms with van der Waals surface area (Å²) in [6.07, 6.45) is 0.0195. The fourth-order valence-electron chi connectivity index (χ4n) is 2.20. The Hall–Kier alpha value is -1.35. The van der Waals surface area contributed by atoms with E-state index in [-0.39, 0.29) is 18.2 Å². The molecule has 72 valence electrons. The quantitative estimate of drug-likeness (QED) is 0.619. The van der Waals surface area contributed by atoms with Gasteiger partial charge in [0.05, 0.1) is 6.10 Å². The number of benzene rings is 1. The first-order chi connectivity index (χ1) is 6.77. The Balaban J connectivity index is 2.12. The van der Waals surface area contributed by atoms with E-state index in [0.29, 0.717) is 6.54 Å². The van der Waals surface area contributed by atoms with Crippen LogP contribution in [0.4, 0.5) is 0 Å². The first-order valence-corrected chi connectivity index (χ1v) is 4.83. The van der Waals surface area contributed by atoms with Gasteiger partial charge < -0.3 is 9.64 Å². The van der Waals surface area contributed by atoms with Crippen molar-refractivity contribution >= 4 is 5.91 Å². The van der Waals surface area contributed by atoms with Crippen LogP contribution in [-0.2, 0) is 4.74 Å². The number of hydrogen-bond acceptors (Lipinski definition) is 2. The van der Waals surface area contributed by atoms with Crippen LogP contribution in [0, 0.1) is 0 Å². The van der Waals surface area contributed by atoms with Gasteiger partial charge in [0.2, 0.25) is 0 Å². The maximum Gasteiger partial charge on any atom is 0.256 e. The molecule has 0 aromatic heterocycles. The molecule has 3 rings (SSSR count). The van der Waals surface area contributed by atoms with Gasteiger partial charge in [-0.05, 0) is 13.0 Å². The van der Waals surface area contributed by atoms with Crippen molar-refractivity contribution < 1.29 is 9.53 Å². The average molecular weight is 189 g/mol. The summed E-state index contributed by atoms with van der Waals surface area (Å²) in [5.74, 6) is 0.106. The van der Waals surface area contributed by atoms with Crippen LogP contribution in [0.1, 0.15) is 29.1 Å². The SMILES string of the molecule is C[C@@H]1CN2C(=O)c3ccccc3[C@H]2O1. The second-order valence-corrected chi connectivity index (χ2v) is 3.84. The van der Waals surface area contributed by atoms with E-state index in [1.54, 1.807) is 4.90 Å². The lowest BCUT2D eigenvalue weighted by molar-refractivity contribution is 0.0156. The maximum absolute atomic E-state index is 11.9. The predicted octanol–water partition coefficient (Wildman–Crippen LogP) is 1.56. The second-order valence-electron chi connectivity index (χ2n) is 3.84. The molecule has 2 aliphatic rings. The minimum atomic E-state index is -0.131. The Kier molecular flexibility index (Phi) is 1.47. The number of rotatable bonds is 0. The molecule has 0 aliphatic carbocycles. The fraction of sp³-hybridized carbons (Fsp3) is 0.364. The van der Waals surface area contributed by atoms with Crippen LogP contribution in [0.2, 0.25) is 0 Å². The molecular weight excluding hydrogens is 178 g/mol. The molecule has 0 N–H and O–H groups in total. The van der Waals surface area contributed by atoms with Crippen molar-refractivity contribution in [3.63, 3.8) is 0 Å². The molecule has 0 saturated carbocycles. The highest BCUT2D eigenvalue weighted by molar-refractivity contribution is 5.99. The molecule has 0 unspecified atom stereocenters. The van der Waals surface area contributed by atoms with Crippen LogP contribution in [0.25, 0.3) is 0 Å². The number of amides is 1. The van der Waals surface area contributed by atoms with Crippen molar-refractivity contribution in [2.24, 2.45) is 0 Å². The van der Waals surface area contributed by atoms with Crippen LogP contribution < -0.4 is 0 Å². The summed E-state index contributed by atoms with van der Waals surface area (Å²) in [6, 6.07) is 7.67. The van der Waals surface area contributed by atoms with Gasteiger partial charge in [-0.25, -0.2) is 0 Å². The summed E-state index contributed by atoms with van der Waals surface area (Å²) in [5.41, 5.74) is 1.81. The highest BCUT2D eigenvalue weighted by atomic mass is 16.5. The van der Waals surface area contributed by atoms with E-state index in [1.807, 2.05) is 31.2 Å². The lowest BCUT2D eigenvalue weighted by atomic mass is 10.1. The van der Waals surface area contributed by atoms with Gasteiger partial charge in [-0.15, -0.1) is 0 Å². The van der Waals surface area contributed by atoms with E-state index in [2.05, 4.69) is 0 Å². The summed E-state index contributed by atoms with van der Waals surface area (Å²) in [6.45, 7) is 2.70. The molecule has 1 aromatic carbocycles. The molecular formula is C11H11NO2. The molecule has 1 fully saturated rings. The lowest BCUT2D eigenvalue weighted by Crippen LogP contribution is -2.24. The minimum absolute atomic E-state index is 0.106. The van der Waals surface area contributed by atoms with E-state index in [1.165, 1.54) is 0 Å². The fourth-order valence-corrected chi connectivity index (χ4v) is 2.20. The average Bonchev–Trinajstić information content (AvgIpc) is 2.68. The topological polar surface area (TPSA) is 29.5 Å². The van der Waals surface area contributed by atoms with Crippen molar-refractivity contribution in [3.05, 3.63) is 35.4 Å². The molecule has 3 nitrogen and oxygen atoms in total. The van der Waals surface area contributed by atoms with E-state index < -0.39 is 0 Å². The molecule has 2 atom stereocenters. The van der Waals surface area contributed by atoms with Gasteiger partial charge >= 0.3 is 0 Å². The van der Waals surface area contributed by atoms with Gasteiger partial charge in [0.15, 0.2) is 6.23 Å². The number of nitrogens with zero attached hydrogens (tertiary/aromatic N) is 1. The number of carbonyl (C=O) groups is 1. The van der Waals surface area contributed by atoms with E-state index in [4.69, 9.17) is 4.74 Å². The highest BCUT2D eigenvalue weighted by Gasteiger charge is 2.42. The van der Waals surface area contributed by atoms with E-state index >= 15 is 0 Å². The third-order valence-electron chi connectivity index (χ3n) is 2.82. The van der Waals surface area contributed by atoms with Gasteiger partial charge in [-0.2, -0.15) is 0 Å². The van der Waals surface area contributed by atoms with Crippen molar-refractivity contribution in [1.82, 2.24) is 4.90 Å². The number of ether oxygens (including phenoxy) is 1. The maximum atomic E-state index is 11.9. The summed E-state index contributed by atoms with van der Waals surface area (Å²) in [4.78, 5) is 13.7. The summed E-state index contributed by atoms with van der Waals surface area (Å²) in [7, 11) is 0. The molecule has 0 bridgehead atoms. The molecule has 2 heterocycles. The largest absolute Gasteiger partial charge is 0.349 e. The van der Waals surface area contributed by atoms with Gasteiger partial charge in [0.1, 0.15) is 0 Å². The van der Waals surface area contributed by atoms with E-state index in [9.17, 15) is 4.79 Å². The zero-order valence-electron chi connectivity index (χ0n) is 7.93. The Bertz CT molecular complexity index is 402. The van der Waals surface area contributed by atoms with Crippen LogP contribution >= 0.6 is 0 Å². The number of carbonyl (C=O) groups excluding carboxylic acids is 1. The lowest BCUT2D eigenvalue weighted by Gasteiger charge is -2.12. The zero-order chi connectivity index (χ0) is 9.71. The van der Waals surface area contributed by atoms with Crippen LogP contribution in [-0.4, -0.2) is 23.5 Å².